The Balaban J connectivity index is 2.61. The summed E-state index contributed by atoms with van der Waals surface area (Å²) in [6, 6.07) is 5.02. The van der Waals surface area contributed by atoms with Gasteiger partial charge in [0.15, 0.2) is 0 Å². The van der Waals surface area contributed by atoms with Crippen LogP contribution in [0.4, 0.5) is 0 Å². The summed E-state index contributed by atoms with van der Waals surface area (Å²) in [5.41, 5.74) is 5.95. The summed E-state index contributed by atoms with van der Waals surface area (Å²) in [5, 5.41) is 7.96. The van der Waals surface area contributed by atoms with E-state index in [0.717, 1.165) is 0 Å². The minimum Gasteiger partial charge on any atom is -0.490 e. The molecule has 0 atom stereocenters. The van der Waals surface area contributed by atoms with Crippen LogP contribution in [0.15, 0.2) is 18.2 Å². The van der Waals surface area contributed by atoms with Crippen molar-refractivity contribution in [2.75, 3.05) is 13.2 Å². The van der Waals surface area contributed by atoms with E-state index in [-0.39, 0.29) is 11.9 Å². The summed E-state index contributed by atoms with van der Waals surface area (Å²) in [7, 11) is 0. The first-order valence-corrected chi connectivity index (χ1v) is 5.77. The van der Waals surface area contributed by atoms with Gasteiger partial charge in [0.25, 0.3) is 0 Å². The molecule has 0 aliphatic rings. The molecule has 0 fully saturated rings. The van der Waals surface area contributed by atoms with E-state index in [1.54, 1.807) is 18.2 Å². The average Bonchev–Trinajstić information content (AvgIpc) is 2.25. The Morgan fingerprint density at radius 3 is 2.71 bits per heavy atom. The van der Waals surface area contributed by atoms with Gasteiger partial charge in [-0.2, -0.15) is 0 Å². The number of ether oxygens (including phenoxy) is 2. The minimum absolute atomic E-state index is 0.0627. The van der Waals surface area contributed by atoms with Gasteiger partial charge in [0.2, 0.25) is 0 Å². The van der Waals surface area contributed by atoms with Crippen LogP contribution in [0, 0.1) is 5.41 Å². The van der Waals surface area contributed by atoms with Crippen LogP contribution in [0.25, 0.3) is 0 Å². The van der Waals surface area contributed by atoms with Crippen LogP contribution in [-0.2, 0) is 4.74 Å². The van der Waals surface area contributed by atoms with Crippen molar-refractivity contribution in [1.29, 1.82) is 5.41 Å². The van der Waals surface area contributed by atoms with E-state index in [1.807, 2.05) is 13.8 Å². The van der Waals surface area contributed by atoms with E-state index in [9.17, 15) is 0 Å². The summed E-state index contributed by atoms with van der Waals surface area (Å²) in [6.45, 7) is 4.84. The van der Waals surface area contributed by atoms with Crippen molar-refractivity contribution < 1.29 is 9.47 Å². The minimum atomic E-state index is -0.0627. The Morgan fingerprint density at radius 2 is 2.12 bits per heavy atom. The fraction of sp³-hybridized carbons (Fsp3) is 0.417. The molecule has 4 nitrogen and oxygen atoms in total. The highest BCUT2D eigenvalue weighted by atomic mass is 35.5. The summed E-state index contributed by atoms with van der Waals surface area (Å²) in [4.78, 5) is 0. The zero-order valence-corrected chi connectivity index (χ0v) is 10.8. The molecule has 0 unspecified atom stereocenters. The predicted octanol–water partition coefficient (Wildman–Crippen LogP) is 2.43. The van der Waals surface area contributed by atoms with Gasteiger partial charge in [0.05, 0.1) is 18.3 Å². The Labute approximate surface area is 106 Å². The van der Waals surface area contributed by atoms with Gasteiger partial charge in [-0.05, 0) is 32.0 Å². The van der Waals surface area contributed by atoms with Gasteiger partial charge in [-0.15, -0.1) is 0 Å². The normalized spacial score (nSPS) is 10.6. The molecule has 3 N–H and O–H groups in total. The van der Waals surface area contributed by atoms with Crippen LogP contribution in [0.3, 0.4) is 0 Å². The Morgan fingerprint density at radius 1 is 1.41 bits per heavy atom. The number of nitrogens with two attached hydrogens (primary N) is 1. The molecule has 0 heterocycles. The van der Waals surface area contributed by atoms with Gasteiger partial charge in [-0.3, -0.25) is 5.41 Å². The van der Waals surface area contributed by atoms with Crippen molar-refractivity contribution in [3.63, 3.8) is 0 Å². The maximum absolute atomic E-state index is 7.43. The van der Waals surface area contributed by atoms with Gasteiger partial charge in [0, 0.05) is 5.02 Å². The lowest BCUT2D eigenvalue weighted by Gasteiger charge is -2.12. The highest BCUT2D eigenvalue weighted by Gasteiger charge is 2.07. The molecule has 17 heavy (non-hydrogen) atoms. The van der Waals surface area contributed by atoms with Gasteiger partial charge >= 0.3 is 0 Å². The topological polar surface area (TPSA) is 68.3 Å². The lowest BCUT2D eigenvalue weighted by molar-refractivity contribution is 0.0552. The van der Waals surface area contributed by atoms with Crippen molar-refractivity contribution in [2.45, 2.75) is 20.0 Å². The molecular weight excluding hydrogens is 240 g/mol. The Kier molecular flexibility index (Phi) is 5.25. The first kappa shape index (κ1) is 13.8. The molecule has 94 valence electrons. The molecule has 0 radical (unpaired) electrons. The second kappa shape index (κ2) is 6.47. The number of hydrogen-bond donors (Lipinski definition) is 2. The highest BCUT2D eigenvalue weighted by Crippen LogP contribution is 2.22. The third-order valence-corrected chi connectivity index (χ3v) is 2.26. The number of nitrogen functional groups attached to an aromatic ring is 1. The molecule has 1 aromatic carbocycles. The van der Waals surface area contributed by atoms with Crippen molar-refractivity contribution >= 4 is 17.4 Å². The summed E-state index contributed by atoms with van der Waals surface area (Å²) in [6.07, 6.45) is 0.177. The van der Waals surface area contributed by atoms with E-state index in [1.165, 1.54) is 0 Å². The van der Waals surface area contributed by atoms with Crippen LogP contribution in [0.5, 0.6) is 5.75 Å². The number of halogens is 1. The number of amidine groups is 1. The highest BCUT2D eigenvalue weighted by molar-refractivity contribution is 6.31. The maximum Gasteiger partial charge on any atom is 0.130 e. The maximum atomic E-state index is 7.43. The zero-order valence-electron chi connectivity index (χ0n) is 10.00. The molecule has 0 aliphatic carbocycles. The molecular formula is C12H17ClN2O2. The lowest BCUT2D eigenvalue weighted by atomic mass is 10.2. The Hall–Kier alpha value is -1.26. The zero-order chi connectivity index (χ0) is 12.8. The van der Waals surface area contributed by atoms with Crippen molar-refractivity contribution in [3.8, 4) is 5.75 Å². The second-order valence-electron chi connectivity index (χ2n) is 3.82. The van der Waals surface area contributed by atoms with Crippen LogP contribution in [-0.4, -0.2) is 25.2 Å². The van der Waals surface area contributed by atoms with Crippen LogP contribution >= 0.6 is 11.6 Å². The van der Waals surface area contributed by atoms with Crippen molar-refractivity contribution in [1.82, 2.24) is 0 Å². The standard InChI is InChI=1S/C12H17ClN2O2/c1-8(2)16-5-6-17-11-4-3-9(13)7-10(11)12(14)15/h3-4,7-8H,5-6H2,1-2H3,(H3,14,15). The van der Waals surface area contributed by atoms with Crippen LogP contribution in [0.1, 0.15) is 19.4 Å². The molecule has 0 saturated heterocycles. The third-order valence-electron chi connectivity index (χ3n) is 2.02. The van der Waals surface area contributed by atoms with Crippen LogP contribution in [0.2, 0.25) is 5.02 Å². The molecule has 0 aliphatic heterocycles. The third kappa shape index (κ3) is 4.63. The smallest absolute Gasteiger partial charge is 0.130 e. The molecule has 0 saturated carbocycles. The molecule has 0 aromatic heterocycles. The van der Waals surface area contributed by atoms with E-state index < -0.39 is 0 Å². The number of rotatable bonds is 6. The quantitative estimate of drug-likeness (QED) is 0.467. The van der Waals surface area contributed by atoms with E-state index in [0.29, 0.717) is 29.5 Å². The van der Waals surface area contributed by atoms with E-state index >= 15 is 0 Å². The molecule has 1 rings (SSSR count). The van der Waals surface area contributed by atoms with Crippen molar-refractivity contribution in [3.05, 3.63) is 28.8 Å². The summed E-state index contributed by atoms with van der Waals surface area (Å²) in [5.74, 6) is 0.488. The molecule has 5 heteroatoms. The fourth-order valence-electron chi connectivity index (χ4n) is 1.27. The van der Waals surface area contributed by atoms with Crippen molar-refractivity contribution in [2.24, 2.45) is 5.73 Å². The second-order valence-corrected chi connectivity index (χ2v) is 4.26. The summed E-state index contributed by atoms with van der Waals surface area (Å²) < 4.78 is 10.9. The molecule has 1 aromatic rings. The first-order valence-electron chi connectivity index (χ1n) is 5.39. The summed E-state index contributed by atoms with van der Waals surface area (Å²) >= 11 is 5.83. The van der Waals surface area contributed by atoms with Crippen LogP contribution < -0.4 is 10.5 Å². The number of nitrogens with one attached hydrogen (secondary N) is 1. The average molecular weight is 257 g/mol. The Bertz CT molecular complexity index is 394. The molecule has 0 amide bonds. The monoisotopic (exact) mass is 256 g/mol. The number of hydrogen-bond acceptors (Lipinski definition) is 3. The van der Waals surface area contributed by atoms with E-state index in [2.05, 4.69) is 0 Å². The van der Waals surface area contributed by atoms with Gasteiger partial charge < -0.3 is 15.2 Å². The largest absolute Gasteiger partial charge is 0.490 e. The van der Waals surface area contributed by atoms with E-state index in [4.69, 9.17) is 32.2 Å². The van der Waals surface area contributed by atoms with Gasteiger partial charge in [-0.25, -0.2) is 0 Å². The SMILES string of the molecule is CC(C)OCCOc1ccc(Cl)cc1C(=N)N. The predicted molar refractivity (Wildman–Crippen MR) is 69.1 cm³/mol. The molecule has 0 bridgehead atoms. The number of benzene rings is 1. The first-order chi connectivity index (χ1) is 8.00. The molecule has 0 spiro atoms. The fourth-order valence-corrected chi connectivity index (χ4v) is 1.45. The van der Waals surface area contributed by atoms with Gasteiger partial charge in [0.1, 0.15) is 18.2 Å². The van der Waals surface area contributed by atoms with Gasteiger partial charge in [-0.1, -0.05) is 11.6 Å². The lowest BCUT2D eigenvalue weighted by Crippen LogP contribution is -2.16.